The first-order valence-corrected chi connectivity index (χ1v) is 11.1. The molecule has 1 aliphatic rings. The molecule has 0 aromatic heterocycles. The summed E-state index contributed by atoms with van der Waals surface area (Å²) < 4.78 is 21.9. The number of carbonyl (C=O) groups excluding carboxylic acids is 1. The van der Waals surface area contributed by atoms with E-state index in [0.717, 1.165) is 11.1 Å². The van der Waals surface area contributed by atoms with Crippen LogP contribution in [-0.2, 0) is 4.79 Å². The van der Waals surface area contributed by atoms with Crippen LogP contribution < -0.4 is 18.9 Å². The van der Waals surface area contributed by atoms with E-state index in [0.29, 0.717) is 70.2 Å². The van der Waals surface area contributed by atoms with Crippen molar-refractivity contribution in [3.8, 4) is 23.0 Å². The van der Waals surface area contributed by atoms with E-state index in [-0.39, 0.29) is 5.78 Å². The van der Waals surface area contributed by atoms with Gasteiger partial charge in [-0.05, 0) is 74.2 Å². The van der Waals surface area contributed by atoms with Gasteiger partial charge in [-0.15, -0.1) is 0 Å². The fourth-order valence-electron chi connectivity index (χ4n) is 3.65. The lowest BCUT2D eigenvalue weighted by Crippen LogP contribution is -1.99. The van der Waals surface area contributed by atoms with Crippen molar-refractivity contribution in [2.75, 3.05) is 27.4 Å². The second-order valence-electron chi connectivity index (χ2n) is 7.10. The van der Waals surface area contributed by atoms with Gasteiger partial charge in [-0.25, -0.2) is 0 Å². The molecule has 0 spiro atoms. The Morgan fingerprint density at radius 2 is 1.19 bits per heavy atom. The highest BCUT2D eigenvalue weighted by molar-refractivity contribution is 6.33. The summed E-state index contributed by atoms with van der Waals surface area (Å²) in [5.41, 5.74) is 3.00. The summed E-state index contributed by atoms with van der Waals surface area (Å²) in [6, 6.07) is 7.19. The zero-order valence-electron chi connectivity index (χ0n) is 18.6. The van der Waals surface area contributed by atoms with Crippen molar-refractivity contribution >= 4 is 41.1 Å². The first-order chi connectivity index (χ1) is 15.4. The van der Waals surface area contributed by atoms with Crippen LogP contribution in [0.3, 0.4) is 0 Å². The summed E-state index contributed by atoms with van der Waals surface area (Å²) in [6.45, 7) is 4.73. The third-order valence-electron chi connectivity index (χ3n) is 5.00. The maximum absolute atomic E-state index is 13.0. The van der Waals surface area contributed by atoms with Gasteiger partial charge in [0.05, 0.1) is 37.5 Å². The molecule has 0 atom stereocenters. The zero-order chi connectivity index (χ0) is 23.3. The monoisotopic (exact) mass is 476 g/mol. The van der Waals surface area contributed by atoms with Crippen molar-refractivity contribution in [1.82, 2.24) is 0 Å². The summed E-state index contributed by atoms with van der Waals surface area (Å²) in [5.74, 6) is 2.06. The number of hydrogen-bond donors (Lipinski definition) is 0. The second-order valence-corrected chi connectivity index (χ2v) is 7.92. The number of carbonyl (C=O) groups is 1. The van der Waals surface area contributed by atoms with Crippen LogP contribution in [0.4, 0.5) is 0 Å². The van der Waals surface area contributed by atoms with Crippen LogP contribution >= 0.6 is 23.2 Å². The summed E-state index contributed by atoms with van der Waals surface area (Å²) in [5, 5.41) is 0.866. The Labute approximate surface area is 198 Å². The first-order valence-electron chi connectivity index (χ1n) is 10.4. The number of ketones is 1. The van der Waals surface area contributed by atoms with E-state index in [1.165, 1.54) is 0 Å². The summed E-state index contributed by atoms with van der Waals surface area (Å²) >= 11 is 12.7. The standard InChI is InChI=1S/C25H26Cl2O5/c1-5-31-21-13-15(11-19(26)24(21)29-3)9-17-7-8-18(23(17)28)10-16-12-20(27)25(30-4)22(14-16)32-6-2/h9-14H,5-8H2,1-4H3. The van der Waals surface area contributed by atoms with Crippen LogP contribution in [-0.4, -0.2) is 33.2 Å². The van der Waals surface area contributed by atoms with E-state index in [4.69, 9.17) is 42.1 Å². The molecule has 5 nitrogen and oxygen atoms in total. The zero-order valence-corrected chi connectivity index (χ0v) is 20.1. The van der Waals surface area contributed by atoms with Crippen LogP contribution in [0.2, 0.25) is 10.0 Å². The Hall–Kier alpha value is -2.63. The number of halogens is 2. The Morgan fingerprint density at radius 1 is 0.781 bits per heavy atom. The highest BCUT2D eigenvalue weighted by atomic mass is 35.5. The van der Waals surface area contributed by atoms with Crippen molar-refractivity contribution in [3.05, 3.63) is 56.6 Å². The summed E-state index contributed by atoms with van der Waals surface area (Å²) in [7, 11) is 3.09. The second kappa shape index (κ2) is 10.8. The number of rotatable bonds is 8. The van der Waals surface area contributed by atoms with Gasteiger partial charge in [-0.2, -0.15) is 0 Å². The lowest BCUT2D eigenvalue weighted by atomic mass is 10.1. The number of hydrogen-bond acceptors (Lipinski definition) is 5. The van der Waals surface area contributed by atoms with E-state index in [1.807, 2.05) is 38.1 Å². The highest BCUT2D eigenvalue weighted by Crippen LogP contribution is 2.39. The van der Waals surface area contributed by atoms with Gasteiger partial charge in [0, 0.05) is 11.1 Å². The fraction of sp³-hybridized carbons (Fsp3) is 0.320. The molecule has 32 heavy (non-hydrogen) atoms. The number of allylic oxidation sites excluding steroid dienone is 2. The number of methoxy groups -OCH3 is 2. The van der Waals surface area contributed by atoms with E-state index in [9.17, 15) is 4.79 Å². The average molecular weight is 477 g/mol. The molecule has 1 aliphatic carbocycles. The molecule has 0 radical (unpaired) electrons. The molecule has 0 N–H and O–H groups in total. The molecule has 1 fully saturated rings. The van der Waals surface area contributed by atoms with E-state index >= 15 is 0 Å². The normalized spacial score (nSPS) is 16.0. The predicted molar refractivity (Wildman–Crippen MR) is 129 cm³/mol. The first kappa shape index (κ1) is 24.0. The van der Waals surface area contributed by atoms with Crippen LogP contribution in [0, 0.1) is 0 Å². The molecule has 2 aromatic rings. The smallest absolute Gasteiger partial charge is 0.185 e. The van der Waals surface area contributed by atoms with Gasteiger partial charge in [0.2, 0.25) is 0 Å². The van der Waals surface area contributed by atoms with Crippen molar-refractivity contribution in [1.29, 1.82) is 0 Å². The average Bonchev–Trinajstić information content (AvgIpc) is 3.07. The predicted octanol–water partition coefficient (Wildman–Crippen LogP) is 6.64. The van der Waals surface area contributed by atoms with Crippen LogP contribution in [0.1, 0.15) is 37.8 Å². The Morgan fingerprint density at radius 3 is 1.53 bits per heavy atom. The lowest BCUT2D eigenvalue weighted by Gasteiger charge is -2.12. The highest BCUT2D eigenvalue weighted by Gasteiger charge is 2.24. The quantitative estimate of drug-likeness (QED) is 0.399. The molecule has 3 rings (SSSR count). The van der Waals surface area contributed by atoms with Gasteiger partial charge in [-0.1, -0.05) is 23.2 Å². The van der Waals surface area contributed by atoms with Crippen LogP contribution in [0.15, 0.2) is 35.4 Å². The van der Waals surface area contributed by atoms with Crippen molar-refractivity contribution in [2.24, 2.45) is 0 Å². The molecule has 0 unspecified atom stereocenters. The Kier molecular flexibility index (Phi) is 8.10. The van der Waals surface area contributed by atoms with E-state index in [1.54, 1.807) is 26.4 Å². The molecule has 0 bridgehead atoms. The fourth-order valence-corrected chi connectivity index (χ4v) is 4.24. The molecule has 2 aromatic carbocycles. The lowest BCUT2D eigenvalue weighted by molar-refractivity contribution is -0.111. The van der Waals surface area contributed by atoms with Gasteiger partial charge >= 0.3 is 0 Å². The Bertz CT molecular complexity index is 989. The SMILES string of the molecule is CCOc1cc(C=C2CCC(=Cc3cc(Cl)c(OC)c(OCC)c3)C2=O)cc(Cl)c1OC. The molecule has 1 saturated carbocycles. The minimum absolute atomic E-state index is 0.000184. The van der Waals surface area contributed by atoms with Gasteiger partial charge in [-0.3, -0.25) is 4.79 Å². The molecular weight excluding hydrogens is 451 g/mol. The molecular formula is C25H26Cl2O5. The topological polar surface area (TPSA) is 54.0 Å². The molecule has 7 heteroatoms. The largest absolute Gasteiger partial charge is 0.491 e. The molecule has 170 valence electrons. The van der Waals surface area contributed by atoms with Crippen LogP contribution in [0.25, 0.3) is 12.2 Å². The maximum atomic E-state index is 13.0. The molecule has 0 amide bonds. The van der Waals surface area contributed by atoms with Crippen LogP contribution in [0.5, 0.6) is 23.0 Å². The minimum atomic E-state index is -0.000184. The van der Waals surface area contributed by atoms with Gasteiger partial charge in [0.1, 0.15) is 0 Å². The van der Waals surface area contributed by atoms with E-state index in [2.05, 4.69) is 0 Å². The number of benzene rings is 2. The number of ether oxygens (including phenoxy) is 4. The maximum Gasteiger partial charge on any atom is 0.185 e. The third-order valence-corrected chi connectivity index (χ3v) is 5.56. The van der Waals surface area contributed by atoms with E-state index < -0.39 is 0 Å². The van der Waals surface area contributed by atoms with Crippen molar-refractivity contribution in [3.63, 3.8) is 0 Å². The summed E-state index contributed by atoms with van der Waals surface area (Å²) in [6.07, 6.45) is 4.98. The van der Waals surface area contributed by atoms with Gasteiger partial charge < -0.3 is 18.9 Å². The molecule has 0 saturated heterocycles. The van der Waals surface area contributed by atoms with Gasteiger partial charge in [0.25, 0.3) is 0 Å². The van der Waals surface area contributed by atoms with Crippen molar-refractivity contribution in [2.45, 2.75) is 26.7 Å². The van der Waals surface area contributed by atoms with Crippen molar-refractivity contribution < 1.29 is 23.7 Å². The number of Topliss-reactive ketones (excluding diaryl/α,β-unsaturated/α-hetero) is 1. The molecule has 0 aliphatic heterocycles. The summed E-state index contributed by atoms with van der Waals surface area (Å²) in [4.78, 5) is 13.0. The van der Waals surface area contributed by atoms with Gasteiger partial charge in [0.15, 0.2) is 28.8 Å². The third kappa shape index (κ3) is 5.22. The molecule has 0 heterocycles. The minimum Gasteiger partial charge on any atom is -0.491 e. The Balaban J connectivity index is 1.91.